The Balaban J connectivity index is 1.92. The fraction of sp³-hybridized carbons (Fsp3) is 0.300. The van der Waals surface area contributed by atoms with Crippen molar-refractivity contribution in [2.45, 2.75) is 43.0 Å². The number of hydrogen-bond acceptors (Lipinski definition) is 4. The molecule has 0 aliphatic carbocycles. The molecule has 0 aliphatic rings. The van der Waals surface area contributed by atoms with Gasteiger partial charge < -0.3 is 4.74 Å². The van der Waals surface area contributed by atoms with Crippen LogP contribution in [-0.4, -0.2) is 14.1 Å². The number of pyridine rings is 1. The van der Waals surface area contributed by atoms with Crippen molar-refractivity contribution < 1.29 is 4.74 Å². The highest BCUT2D eigenvalue weighted by atomic mass is 35.5. The van der Waals surface area contributed by atoms with E-state index in [0.717, 1.165) is 21.2 Å². The summed E-state index contributed by atoms with van der Waals surface area (Å²) >= 11 is 13.8. The highest BCUT2D eigenvalue weighted by Crippen LogP contribution is 2.35. The molecular weight excluding hydrogens is 417 g/mol. The molecule has 0 radical (unpaired) electrons. The Kier molecular flexibility index (Phi) is 6.88. The van der Waals surface area contributed by atoms with Crippen LogP contribution in [0.2, 0.25) is 10.0 Å². The Morgan fingerprint density at radius 1 is 1.11 bits per heavy atom. The quantitative estimate of drug-likeness (QED) is 0.500. The lowest BCUT2D eigenvalue weighted by atomic mass is 10.3. The smallest absolute Gasteiger partial charge is 0.329 e. The summed E-state index contributed by atoms with van der Waals surface area (Å²) in [6.07, 6.45) is 3.46. The highest BCUT2D eigenvalue weighted by molar-refractivity contribution is 7.99. The number of nitrogens with zero attached hydrogens (tertiary/aromatic N) is 3. The molecule has 0 unspecified atom stereocenters. The topological polar surface area (TPSA) is 49.0 Å². The Hall–Kier alpha value is -1.73. The molecule has 0 fully saturated rings. The van der Waals surface area contributed by atoms with E-state index in [1.165, 1.54) is 11.8 Å². The fourth-order valence-electron chi connectivity index (χ4n) is 2.81. The summed E-state index contributed by atoms with van der Waals surface area (Å²) in [6.45, 7) is 4.72. The molecule has 0 saturated carbocycles. The Bertz CT molecular complexity index is 996. The number of halogens is 2. The zero-order valence-corrected chi connectivity index (χ0v) is 18.2. The largest absolute Gasteiger partial charge is 0.370 e. The SMILES string of the molecule is CC(C)n1c(Sc2cc(Cl)cc(Cl)c2)c(COCc2ccncc2)n(C)c1=O. The molecule has 3 aromatic rings. The zero-order valence-electron chi connectivity index (χ0n) is 15.9. The Morgan fingerprint density at radius 3 is 2.36 bits per heavy atom. The van der Waals surface area contributed by atoms with Crippen molar-refractivity contribution in [3.63, 3.8) is 0 Å². The summed E-state index contributed by atoms with van der Waals surface area (Å²) < 4.78 is 9.30. The average Bonchev–Trinajstić information content (AvgIpc) is 2.86. The fourth-order valence-corrected chi connectivity index (χ4v) is 4.76. The maximum absolute atomic E-state index is 12.8. The third-order valence-electron chi connectivity index (χ3n) is 4.19. The predicted molar refractivity (Wildman–Crippen MR) is 113 cm³/mol. The van der Waals surface area contributed by atoms with Gasteiger partial charge in [-0.3, -0.25) is 14.1 Å². The number of imidazole rings is 1. The van der Waals surface area contributed by atoms with E-state index in [1.54, 1.807) is 34.6 Å². The van der Waals surface area contributed by atoms with Crippen molar-refractivity contribution in [1.29, 1.82) is 0 Å². The molecule has 0 aliphatic heterocycles. The molecule has 2 aromatic heterocycles. The first kappa shape index (κ1) is 21.0. The van der Waals surface area contributed by atoms with Crippen molar-refractivity contribution in [3.8, 4) is 0 Å². The molecule has 0 saturated heterocycles. The van der Waals surface area contributed by atoms with E-state index >= 15 is 0 Å². The highest BCUT2D eigenvalue weighted by Gasteiger charge is 2.21. The second-order valence-electron chi connectivity index (χ2n) is 6.61. The molecule has 0 bridgehead atoms. The first-order valence-electron chi connectivity index (χ1n) is 8.77. The van der Waals surface area contributed by atoms with Crippen molar-refractivity contribution in [2.24, 2.45) is 7.05 Å². The van der Waals surface area contributed by atoms with Gasteiger partial charge in [-0.1, -0.05) is 35.0 Å². The summed E-state index contributed by atoms with van der Waals surface area (Å²) in [5.41, 5.74) is 1.76. The van der Waals surface area contributed by atoms with Gasteiger partial charge in [-0.05, 0) is 49.7 Å². The molecule has 0 spiro atoms. The molecule has 8 heteroatoms. The van der Waals surface area contributed by atoms with Crippen LogP contribution in [0, 0.1) is 0 Å². The Labute approximate surface area is 178 Å². The molecule has 0 atom stereocenters. The minimum absolute atomic E-state index is 0.00445. The third kappa shape index (κ3) is 4.81. The molecule has 2 heterocycles. The number of aromatic nitrogens is 3. The molecular formula is C20H21Cl2N3O2S. The number of rotatable bonds is 7. The maximum atomic E-state index is 12.8. The van der Waals surface area contributed by atoms with Crippen LogP contribution in [0.15, 0.2) is 57.4 Å². The summed E-state index contributed by atoms with van der Waals surface area (Å²) in [6, 6.07) is 9.17. The van der Waals surface area contributed by atoms with Crippen LogP contribution in [0.3, 0.4) is 0 Å². The molecule has 0 N–H and O–H groups in total. The number of hydrogen-bond donors (Lipinski definition) is 0. The van der Waals surface area contributed by atoms with E-state index in [4.69, 9.17) is 27.9 Å². The number of ether oxygens (including phenoxy) is 1. The van der Waals surface area contributed by atoms with Gasteiger partial charge in [0.05, 0.1) is 18.9 Å². The molecule has 1 aromatic carbocycles. The van der Waals surface area contributed by atoms with Crippen molar-refractivity contribution in [2.75, 3.05) is 0 Å². The van der Waals surface area contributed by atoms with Crippen molar-refractivity contribution in [3.05, 3.63) is 74.5 Å². The van der Waals surface area contributed by atoms with Gasteiger partial charge in [-0.15, -0.1) is 0 Å². The monoisotopic (exact) mass is 437 g/mol. The van der Waals surface area contributed by atoms with E-state index in [0.29, 0.717) is 23.3 Å². The normalized spacial score (nSPS) is 11.4. The third-order valence-corrected chi connectivity index (χ3v) is 5.72. The second kappa shape index (κ2) is 9.18. The van der Waals surface area contributed by atoms with Crippen molar-refractivity contribution >= 4 is 35.0 Å². The molecule has 148 valence electrons. The van der Waals surface area contributed by atoms with Crippen LogP contribution in [0.25, 0.3) is 0 Å². The van der Waals surface area contributed by atoms with Gasteiger partial charge in [0.25, 0.3) is 0 Å². The van der Waals surface area contributed by atoms with Crippen LogP contribution >= 0.6 is 35.0 Å². The number of benzene rings is 1. The van der Waals surface area contributed by atoms with Gasteiger partial charge in [-0.25, -0.2) is 4.79 Å². The lowest BCUT2D eigenvalue weighted by Crippen LogP contribution is -2.24. The lowest BCUT2D eigenvalue weighted by molar-refractivity contribution is 0.101. The zero-order chi connectivity index (χ0) is 20.3. The summed E-state index contributed by atoms with van der Waals surface area (Å²) in [5, 5.41) is 1.94. The van der Waals surface area contributed by atoms with Crippen LogP contribution in [0.4, 0.5) is 0 Å². The summed E-state index contributed by atoms with van der Waals surface area (Å²) in [4.78, 5) is 17.7. The molecule has 3 rings (SSSR count). The van der Waals surface area contributed by atoms with Gasteiger partial charge >= 0.3 is 5.69 Å². The Morgan fingerprint density at radius 2 is 1.75 bits per heavy atom. The van der Waals surface area contributed by atoms with Crippen LogP contribution in [-0.2, 0) is 25.0 Å². The first-order valence-corrected chi connectivity index (χ1v) is 10.3. The predicted octanol–water partition coefficient (Wildman–Crippen LogP) is 5.34. The minimum Gasteiger partial charge on any atom is -0.370 e. The molecule has 0 amide bonds. The van der Waals surface area contributed by atoms with E-state index in [-0.39, 0.29) is 11.7 Å². The van der Waals surface area contributed by atoms with Crippen molar-refractivity contribution in [1.82, 2.24) is 14.1 Å². The maximum Gasteiger partial charge on any atom is 0.329 e. The van der Waals surface area contributed by atoms with Crippen LogP contribution in [0.1, 0.15) is 31.1 Å². The van der Waals surface area contributed by atoms with Gasteiger partial charge in [0, 0.05) is 40.4 Å². The van der Waals surface area contributed by atoms with Gasteiger partial charge in [-0.2, -0.15) is 0 Å². The first-order chi connectivity index (χ1) is 13.4. The van der Waals surface area contributed by atoms with E-state index < -0.39 is 0 Å². The van der Waals surface area contributed by atoms with Gasteiger partial charge in [0.15, 0.2) is 0 Å². The molecule has 5 nitrogen and oxygen atoms in total. The summed E-state index contributed by atoms with van der Waals surface area (Å²) in [7, 11) is 1.77. The van der Waals surface area contributed by atoms with Gasteiger partial charge in [0.2, 0.25) is 0 Å². The standard InChI is InChI=1S/C20H21Cl2N3O2S/c1-13(2)25-19(28-17-9-15(21)8-16(22)10-17)18(24(3)20(25)26)12-27-11-14-4-6-23-7-5-14/h4-10,13H,11-12H2,1-3H3. The minimum atomic E-state index is -0.0758. The lowest BCUT2D eigenvalue weighted by Gasteiger charge is -2.13. The van der Waals surface area contributed by atoms with E-state index in [9.17, 15) is 4.79 Å². The average molecular weight is 438 g/mol. The second-order valence-corrected chi connectivity index (χ2v) is 8.55. The van der Waals surface area contributed by atoms with Gasteiger partial charge in [0.1, 0.15) is 5.03 Å². The van der Waals surface area contributed by atoms with E-state index in [1.807, 2.05) is 38.1 Å². The summed E-state index contributed by atoms with van der Waals surface area (Å²) in [5.74, 6) is 0. The molecule has 28 heavy (non-hydrogen) atoms. The van der Waals surface area contributed by atoms with E-state index in [2.05, 4.69) is 4.98 Å². The van der Waals surface area contributed by atoms with Crippen LogP contribution < -0.4 is 5.69 Å². The van der Waals surface area contributed by atoms with Crippen LogP contribution in [0.5, 0.6) is 0 Å².